The number of carbonyl (C=O) groups is 2. The van der Waals surface area contributed by atoms with Crippen molar-refractivity contribution in [2.24, 2.45) is 0 Å². The van der Waals surface area contributed by atoms with Gasteiger partial charge in [-0.15, -0.1) is 0 Å². The molecule has 0 aliphatic rings. The molecule has 16 heavy (non-hydrogen) atoms. The Balaban J connectivity index is 4.29. The van der Waals surface area contributed by atoms with Crippen molar-refractivity contribution >= 4 is 11.7 Å². The van der Waals surface area contributed by atoms with Gasteiger partial charge in [0, 0.05) is 5.54 Å². The van der Waals surface area contributed by atoms with Gasteiger partial charge in [0.15, 0.2) is 5.78 Å². The molecule has 0 aromatic rings. The second-order valence-corrected chi connectivity index (χ2v) is 5.03. The third kappa shape index (κ3) is 5.85. The Morgan fingerprint density at radius 3 is 2.12 bits per heavy atom. The lowest BCUT2D eigenvalue weighted by Gasteiger charge is -2.25. The van der Waals surface area contributed by atoms with E-state index in [0.29, 0.717) is 6.42 Å². The van der Waals surface area contributed by atoms with Gasteiger partial charge in [0.2, 0.25) is 5.91 Å². The summed E-state index contributed by atoms with van der Waals surface area (Å²) in [6, 6.07) is 0. The van der Waals surface area contributed by atoms with Gasteiger partial charge in [-0.3, -0.25) is 9.59 Å². The second-order valence-electron chi connectivity index (χ2n) is 5.03. The number of Topliss-reactive ketones (excluding diaryl/α,β-unsaturated/α-hetero) is 1. The summed E-state index contributed by atoms with van der Waals surface area (Å²) in [6.45, 7) is 10.7. The molecule has 4 heteroatoms. The molecule has 1 amide bonds. The summed E-state index contributed by atoms with van der Waals surface area (Å²) in [5.41, 5.74) is -0.285. The highest BCUT2D eigenvalue weighted by Crippen LogP contribution is 2.06. The number of amides is 1. The van der Waals surface area contributed by atoms with Crippen LogP contribution in [0.5, 0.6) is 0 Å². The fourth-order valence-corrected chi connectivity index (χ4v) is 1.26. The van der Waals surface area contributed by atoms with Gasteiger partial charge in [-0.1, -0.05) is 6.92 Å². The topological polar surface area (TPSA) is 55.4 Å². The lowest BCUT2D eigenvalue weighted by Crippen LogP contribution is -2.47. The standard InChI is InChI=1S/C12H23NO3/c1-7-10(8(2)14)16-9(3)11(15)13-12(4,5)6/h9-10H,7H2,1-6H3,(H,13,15). The van der Waals surface area contributed by atoms with E-state index in [4.69, 9.17) is 4.74 Å². The van der Waals surface area contributed by atoms with Crippen LogP contribution in [0, 0.1) is 0 Å². The maximum atomic E-state index is 11.7. The molecule has 0 spiro atoms. The first-order valence-corrected chi connectivity index (χ1v) is 5.65. The maximum Gasteiger partial charge on any atom is 0.249 e. The predicted molar refractivity (Wildman–Crippen MR) is 63.2 cm³/mol. The van der Waals surface area contributed by atoms with Crippen LogP contribution < -0.4 is 5.32 Å². The van der Waals surface area contributed by atoms with Crippen LogP contribution >= 0.6 is 0 Å². The molecular weight excluding hydrogens is 206 g/mol. The highest BCUT2D eigenvalue weighted by atomic mass is 16.5. The Morgan fingerprint density at radius 1 is 1.31 bits per heavy atom. The van der Waals surface area contributed by atoms with Crippen molar-refractivity contribution in [1.82, 2.24) is 5.32 Å². The minimum Gasteiger partial charge on any atom is -0.358 e. The van der Waals surface area contributed by atoms with Gasteiger partial charge in [0.05, 0.1) is 0 Å². The SMILES string of the molecule is CCC(OC(C)C(=O)NC(C)(C)C)C(C)=O. The molecule has 0 radical (unpaired) electrons. The van der Waals surface area contributed by atoms with Crippen molar-refractivity contribution in [2.75, 3.05) is 0 Å². The van der Waals surface area contributed by atoms with Crippen LogP contribution in [0.25, 0.3) is 0 Å². The minimum absolute atomic E-state index is 0.0436. The first kappa shape index (κ1) is 15.1. The van der Waals surface area contributed by atoms with Gasteiger partial charge < -0.3 is 10.1 Å². The molecular formula is C12H23NO3. The van der Waals surface area contributed by atoms with E-state index in [0.717, 1.165) is 0 Å². The molecule has 0 saturated heterocycles. The molecule has 0 fully saturated rings. The molecule has 0 saturated carbocycles. The minimum atomic E-state index is -0.604. The van der Waals surface area contributed by atoms with E-state index in [1.165, 1.54) is 6.92 Å². The number of ether oxygens (including phenoxy) is 1. The average molecular weight is 229 g/mol. The first-order valence-electron chi connectivity index (χ1n) is 5.65. The predicted octanol–water partition coefficient (Wildman–Crippen LogP) is 1.67. The number of rotatable bonds is 5. The molecule has 2 unspecified atom stereocenters. The van der Waals surface area contributed by atoms with Crippen LogP contribution in [-0.2, 0) is 14.3 Å². The van der Waals surface area contributed by atoms with E-state index >= 15 is 0 Å². The Kier molecular flexibility index (Phi) is 5.65. The lowest BCUT2D eigenvalue weighted by atomic mass is 10.1. The zero-order valence-corrected chi connectivity index (χ0v) is 11.1. The van der Waals surface area contributed by atoms with E-state index < -0.39 is 12.2 Å². The molecule has 1 N–H and O–H groups in total. The quantitative estimate of drug-likeness (QED) is 0.780. The highest BCUT2D eigenvalue weighted by Gasteiger charge is 2.23. The van der Waals surface area contributed by atoms with Gasteiger partial charge in [0.1, 0.15) is 12.2 Å². The summed E-state index contributed by atoms with van der Waals surface area (Å²) >= 11 is 0. The molecule has 0 bridgehead atoms. The third-order valence-corrected chi connectivity index (χ3v) is 2.06. The number of hydrogen-bond donors (Lipinski definition) is 1. The number of nitrogens with one attached hydrogen (secondary N) is 1. The molecule has 0 aliphatic heterocycles. The van der Waals surface area contributed by atoms with E-state index in [2.05, 4.69) is 5.32 Å². The Morgan fingerprint density at radius 2 is 1.81 bits per heavy atom. The molecule has 0 aromatic carbocycles. The van der Waals surface area contributed by atoms with Crippen molar-refractivity contribution in [3.8, 4) is 0 Å². The summed E-state index contributed by atoms with van der Waals surface area (Å²) < 4.78 is 5.41. The molecule has 0 heterocycles. The van der Waals surface area contributed by atoms with Crippen LogP contribution in [0.15, 0.2) is 0 Å². The largest absolute Gasteiger partial charge is 0.358 e. The normalized spacial score (nSPS) is 15.4. The van der Waals surface area contributed by atoms with E-state index in [-0.39, 0.29) is 17.2 Å². The Hall–Kier alpha value is -0.900. The first-order chi connectivity index (χ1) is 7.17. The van der Waals surface area contributed by atoms with Crippen molar-refractivity contribution in [3.63, 3.8) is 0 Å². The van der Waals surface area contributed by atoms with Crippen LogP contribution in [0.2, 0.25) is 0 Å². The smallest absolute Gasteiger partial charge is 0.249 e. The zero-order chi connectivity index (χ0) is 12.9. The number of carbonyl (C=O) groups excluding carboxylic acids is 2. The highest BCUT2D eigenvalue weighted by molar-refractivity contribution is 5.83. The Labute approximate surface area is 97.7 Å². The van der Waals surface area contributed by atoms with E-state index in [9.17, 15) is 9.59 Å². The van der Waals surface area contributed by atoms with E-state index in [1.807, 2.05) is 27.7 Å². The summed E-state index contributed by atoms with van der Waals surface area (Å²) in [5, 5.41) is 2.81. The van der Waals surface area contributed by atoms with Gasteiger partial charge >= 0.3 is 0 Å². The van der Waals surface area contributed by atoms with Gasteiger partial charge in [-0.25, -0.2) is 0 Å². The molecule has 0 aliphatic carbocycles. The molecule has 0 aromatic heterocycles. The van der Waals surface area contributed by atoms with Crippen LogP contribution in [-0.4, -0.2) is 29.4 Å². The summed E-state index contributed by atoms with van der Waals surface area (Å²) in [5.74, 6) is -0.231. The average Bonchev–Trinajstić information content (AvgIpc) is 2.10. The molecule has 2 atom stereocenters. The number of ketones is 1. The Bertz CT molecular complexity index is 255. The fraction of sp³-hybridized carbons (Fsp3) is 0.833. The molecule has 4 nitrogen and oxygen atoms in total. The van der Waals surface area contributed by atoms with Gasteiger partial charge in [-0.05, 0) is 41.0 Å². The summed E-state index contributed by atoms with van der Waals surface area (Å²) in [6.07, 6.45) is -0.503. The van der Waals surface area contributed by atoms with Crippen molar-refractivity contribution in [3.05, 3.63) is 0 Å². The second kappa shape index (κ2) is 5.99. The third-order valence-electron chi connectivity index (χ3n) is 2.06. The van der Waals surface area contributed by atoms with E-state index in [1.54, 1.807) is 6.92 Å². The lowest BCUT2D eigenvalue weighted by molar-refractivity contribution is -0.143. The summed E-state index contributed by atoms with van der Waals surface area (Å²) in [4.78, 5) is 22.8. The molecule has 0 rings (SSSR count). The maximum absolute atomic E-state index is 11.7. The van der Waals surface area contributed by atoms with Gasteiger partial charge in [0.25, 0.3) is 0 Å². The van der Waals surface area contributed by atoms with Crippen LogP contribution in [0.3, 0.4) is 0 Å². The van der Waals surface area contributed by atoms with Crippen LogP contribution in [0.1, 0.15) is 48.0 Å². The number of hydrogen-bond acceptors (Lipinski definition) is 3. The fourth-order valence-electron chi connectivity index (χ4n) is 1.26. The van der Waals surface area contributed by atoms with Crippen molar-refractivity contribution < 1.29 is 14.3 Å². The zero-order valence-electron chi connectivity index (χ0n) is 11.1. The monoisotopic (exact) mass is 229 g/mol. The van der Waals surface area contributed by atoms with Crippen molar-refractivity contribution in [2.45, 2.75) is 65.7 Å². The van der Waals surface area contributed by atoms with Crippen LogP contribution in [0.4, 0.5) is 0 Å². The van der Waals surface area contributed by atoms with Crippen molar-refractivity contribution in [1.29, 1.82) is 0 Å². The summed E-state index contributed by atoms with van der Waals surface area (Å²) in [7, 11) is 0. The van der Waals surface area contributed by atoms with Gasteiger partial charge in [-0.2, -0.15) is 0 Å². The molecule has 94 valence electrons.